The van der Waals surface area contributed by atoms with Crippen molar-refractivity contribution in [2.75, 3.05) is 6.54 Å². The lowest BCUT2D eigenvalue weighted by atomic mass is 10.2. The molecular weight excluding hydrogens is 452 g/mol. The average molecular weight is 474 g/mol. The Morgan fingerprint density at radius 3 is 2.30 bits per heavy atom. The SMILES string of the molecule is CCC(C)NC(=O)CN(Cc1ccc(Br)cc1)S(=O)(=O)c1ccc(Cl)cc1. The Morgan fingerprint density at radius 2 is 1.74 bits per heavy atom. The molecule has 0 saturated heterocycles. The van der Waals surface area contributed by atoms with Crippen molar-refractivity contribution in [3.8, 4) is 0 Å². The topological polar surface area (TPSA) is 66.5 Å². The second-order valence-electron chi connectivity index (χ2n) is 6.23. The third-order valence-corrected chi connectivity index (χ3v) is 6.65. The fraction of sp³-hybridized carbons (Fsp3) is 0.316. The monoisotopic (exact) mass is 472 g/mol. The van der Waals surface area contributed by atoms with E-state index in [1.807, 2.05) is 38.1 Å². The van der Waals surface area contributed by atoms with Crippen molar-refractivity contribution in [1.82, 2.24) is 9.62 Å². The Hall–Kier alpha value is -1.41. The fourth-order valence-corrected chi connectivity index (χ4v) is 4.13. The van der Waals surface area contributed by atoms with Gasteiger partial charge in [0.2, 0.25) is 15.9 Å². The zero-order valence-corrected chi connectivity index (χ0v) is 18.3. The summed E-state index contributed by atoms with van der Waals surface area (Å²) in [7, 11) is -3.86. The number of nitrogens with zero attached hydrogens (tertiary/aromatic N) is 1. The number of benzene rings is 2. The average Bonchev–Trinajstić information content (AvgIpc) is 2.63. The van der Waals surface area contributed by atoms with Crippen LogP contribution in [-0.2, 0) is 21.4 Å². The van der Waals surface area contributed by atoms with E-state index in [1.54, 1.807) is 0 Å². The molecule has 27 heavy (non-hydrogen) atoms. The van der Waals surface area contributed by atoms with E-state index in [-0.39, 0.29) is 29.9 Å². The van der Waals surface area contributed by atoms with Gasteiger partial charge in [0.15, 0.2) is 0 Å². The molecule has 0 radical (unpaired) electrons. The van der Waals surface area contributed by atoms with Crippen molar-refractivity contribution >= 4 is 43.5 Å². The quantitative estimate of drug-likeness (QED) is 0.624. The number of rotatable bonds is 8. The minimum atomic E-state index is -3.86. The minimum absolute atomic E-state index is 0.0229. The molecule has 0 saturated carbocycles. The van der Waals surface area contributed by atoms with Crippen molar-refractivity contribution in [2.45, 2.75) is 37.8 Å². The largest absolute Gasteiger partial charge is 0.353 e. The molecule has 1 amide bonds. The highest BCUT2D eigenvalue weighted by Crippen LogP contribution is 2.21. The van der Waals surface area contributed by atoms with E-state index in [0.717, 1.165) is 16.5 Å². The first-order valence-electron chi connectivity index (χ1n) is 8.52. The Bertz CT molecular complexity index is 871. The number of hydrogen-bond acceptors (Lipinski definition) is 3. The van der Waals surface area contributed by atoms with Crippen molar-refractivity contribution in [2.24, 2.45) is 0 Å². The van der Waals surface area contributed by atoms with Crippen LogP contribution in [0.4, 0.5) is 0 Å². The van der Waals surface area contributed by atoms with Crippen LogP contribution >= 0.6 is 27.5 Å². The van der Waals surface area contributed by atoms with Gasteiger partial charge in [-0.3, -0.25) is 4.79 Å². The molecule has 2 aromatic rings. The molecule has 2 aromatic carbocycles. The van der Waals surface area contributed by atoms with Crippen LogP contribution in [0.25, 0.3) is 0 Å². The van der Waals surface area contributed by atoms with Crippen molar-refractivity contribution < 1.29 is 13.2 Å². The molecule has 0 aliphatic heterocycles. The Balaban J connectivity index is 2.31. The smallest absolute Gasteiger partial charge is 0.243 e. The van der Waals surface area contributed by atoms with Crippen LogP contribution in [-0.4, -0.2) is 31.2 Å². The number of sulfonamides is 1. The van der Waals surface area contributed by atoms with Crippen molar-refractivity contribution in [3.05, 3.63) is 63.6 Å². The Kier molecular flexibility index (Phi) is 7.85. The predicted molar refractivity (Wildman–Crippen MR) is 111 cm³/mol. The maximum absolute atomic E-state index is 13.1. The number of nitrogens with one attached hydrogen (secondary N) is 1. The van der Waals surface area contributed by atoms with E-state index in [9.17, 15) is 13.2 Å². The third-order valence-electron chi connectivity index (χ3n) is 4.06. The van der Waals surface area contributed by atoms with Crippen LogP contribution in [0.2, 0.25) is 5.02 Å². The molecule has 0 aliphatic carbocycles. The Morgan fingerprint density at radius 1 is 1.15 bits per heavy atom. The molecule has 1 atom stereocenters. The number of carbonyl (C=O) groups excluding carboxylic acids is 1. The van der Waals surface area contributed by atoms with Gasteiger partial charge >= 0.3 is 0 Å². The summed E-state index contributed by atoms with van der Waals surface area (Å²) in [6.07, 6.45) is 0.766. The molecule has 1 unspecified atom stereocenters. The predicted octanol–water partition coefficient (Wildman–Crippen LogP) is 4.21. The van der Waals surface area contributed by atoms with Crippen LogP contribution < -0.4 is 5.32 Å². The maximum Gasteiger partial charge on any atom is 0.243 e. The summed E-state index contributed by atoms with van der Waals surface area (Å²) in [4.78, 5) is 12.5. The van der Waals surface area contributed by atoms with Gasteiger partial charge in [-0.2, -0.15) is 4.31 Å². The summed E-state index contributed by atoms with van der Waals surface area (Å²) >= 11 is 9.23. The second kappa shape index (κ2) is 9.68. The molecule has 8 heteroatoms. The van der Waals surface area contributed by atoms with E-state index in [0.29, 0.717) is 5.02 Å². The lowest BCUT2D eigenvalue weighted by molar-refractivity contribution is -0.122. The minimum Gasteiger partial charge on any atom is -0.353 e. The first kappa shape index (κ1) is 21.9. The van der Waals surface area contributed by atoms with Crippen LogP contribution in [0.3, 0.4) is 0 Å². The van der Waals surface area contributed by atoms with Gasteiger partial charge in [-0.25, -0.2) is 8.42 Å². The molecule has 0 aliphatic rings. The highest BCUT2D eigenvalue weighted by Gasteiger charge is 2.27. The van der Waals surface area contributed by atoms with E-state index in [4.69, 9.17) is 11.6 Å². The zero-order valence-electron chi connectivity index (χ0n) is 15.2. The van der Waals surface area contributed by atoms with Crippen LogP contribution in [0.1, 0.15) is 25.8 Å². The molecular formula is C19H22BrClN2O3S. The molecule has 5 nitrogen and oxygen atoms in total. The van der Waals surface area contributed by atoms with E-state index < -0.39 is 10.0 Å². The summed E-state index contributed by atoms with van der Waals surface area (Å²) in [5, 5.41) is 3.26. The number of hydrogen-bond donors (Lipinski definition) is 1. The van der Waals surface area contributed by atoms with Gasteiger partial charge in [0.1, 0.15) is 0 Å². The molecule has 0 fully saturated rings. The number of halogens is 2. The van der Waals surface area contributed by atoms with Crippen molar-refractivity contribution in [1.29, 1.82) is 0 Å². The summed E-state index contributed by atoms with van der Waals surface area (Å²) < 4.78 is 28.3. The third kappa shape index (κ3) is 6.31. The molecule has 0 heterocycles. The molecule has 0 aromatic heterocycles. The summed E-state index contributed by atoms with van der Waals surface area (Å²) in [5.41, 5.74) is 0.784. The highest BCUT2D eigenvalue weighted by molar-refractivity contribution is 9.10. The standard InChI is InChI=1S/C19H22BrClN2O3S/c1-3-14(2)22-19(24)13-23(12-15-4-6-16(20)7-5-15)27(25,26)18-10-8-17(21)9-11-18/h4-11,14H,3,12-13H2,1-2H3,(H,22,24). The van der Waals surface area contributed by atoms with Gasteiger partial charge < -0.3 is 5.32 Å². The van der Waals surface area contributed by atoms with Gasteiger partial charge in [-0.15, -0.1) is 0 Å². The highest BCUT2D eigenvalue weighted by atomic mass is 79.9. The Labute approximate surface area is 173 Å². The maximum atomic E-state index is 13.1. The lowest BCUT2D eigenvalue weighted by Gasteiger charge is -2.23. The normalized spacial score (nSPS) is 12.8. The van der Waals surface area contributed by atoms with E-state index in [1.165, 1.54) is 28.6 Å². The van der Waals surface area contributed by atoms with Crippen LogP contribution in [0, 0.1) is 0 Å². The molecule has 2 rings (SSSR count). The second-order valence-corrected chi connectivity index (χ2v) is 9.52. The van der Waals surface area contributed by atoms with Gasteiger partial charge in [0.25, 0.3) is 0 Å². The van der Waals surface area contributed by atoms with Gasteiger partial charge in [-0.1, -0.05) is 46.6 Å². The number of amides is 1. The van der Waals surface area contributed by atoms with Crippen molar-refractivity contribution in [3.63, 3.8) is 0 Å². The molecule has 1 N–H and O–H groups in total. The molecule has 0 bridgehead atoms. The fourth-order valence-electron chi connectivity index (χ4n) is 2.36. The first-order valence-corrected chi connectivity index (χ1v) is 11.1. The summed E-state index contributed by atoms with van der Waals surface area (Å²) in [6, 6.07) is 13.2. The van der Waals surface area contributed by atoms with Gasteiger partial charge in [-0.05, 0) is 55.3 Å². The molecule has 146 valence electrons. The van der Waals surface area contributed by atoms with E-state index >= 15 is 0 Å². The molecule has 0 spiro atoms. The van der Waals surface area contributed by atoms with Gasteiger partial charge in [0, 0.05) is 22.1 Å². The van der Waals surface area contributed by atoms with Crippen LogP contribution in [0.15, 0.2) is 57.9 Å². The first-order chi connectivity index (χ1) is 12.7. The van der Waals surface area contributed by atoms with E-state index in [2.05, 4.69) is 21.2 Å². The zero-order chi connectivity index (χ0) is 20.0. The van der Waals surface area contributed by atoms with Crippen LogP contribution in [0.5, 0.6) is 0 Å². The summed E-state index contributed by atoms with van der Waals surface area (Å²) in [6.45, 7) is 3.66. The lowest BCUT2D eigenvalue weighted by Crippen LogP contribution is -2.43. The van der Waals surface area contributed by atoms with Gasteiger partial charge in [0.05, 0.1) is 11.4 Å². The number of carbonyl (C=O) groups is 1. The summed E-state index contributed by atoms with van der Waals surface area (Å²) in [5.74, 6) is -0.334.